The summed E-state index contributed by atoms with van der Waals surface area (Å²) >= 11 is 0. The van der Waals surface area contributed by atoms with Crippen LogP contribution >= 0.6 is 0 Å². The molecule has 0 aromatic heterocycles. The summed E-state index contributed by atoms with van der Waals surface area (Å²) in [5, 5.41) is 8.63. The van der Waals surface area contributed by atoms with Crippen LogP contribution in [0, 0.1) is 5.41 Å². The second kappa shape index (κ2) is 2.65. The lowest BCUT2D eigenvalue weighted by atomic mass is 10.1. The second-order valence-electron chi connectivity index (χ2n) is 3.10. The van der Waals surface area contributed by atoms with Gasteiger partial charge in [0.05, 0.1) is 12.0 Å². The van der Waals surface area contributed by atoms with Crippen LogP contribution in [-0.4, -0.2) is 30.2 Å². The minimum atomic E-state index is -2.88. The molecule has 70 valence electrons. The number of alkyl halides is 2. The first-order valence-electron chi connectivity index (χ1n) is 3.56. The van der Waals surface area contributed by atoms with Crippen LogP contribution in [0.1, 0.15) is 13.3 Å². The molecule has 0 heterocycles. The maximum Gasteiger partial charge on any atom is 0.302 e. The number of carbonyl (C=O) groups excluding carboxylic acids is 1. The van der Waals surface area contributed by atoms with E-state index < -0.39 is 36.9 Å². The molecular formula is C7H10F2O3. The number of carbonyl (C=O) groups is 1. The Kier molecular flexibility index (Phi) is 2.07. The summed E-state index contributed by atoms with van der Waals surface area (Å²) < 4.78 is 29.5. The average Bonchev–Trinajstić information content (AvgIpc) is 2.51. The summed E-state index contributed by atoms with van der Waals surface area (Å²) in [4.78, 5) is 10.3. The number of ether oxygens (including phenoxy) is 1. The predicted molar refractivity (Wildman–Crippen MR) is 35.7 cm³/mol. The minimum absolute atomic E-state index is 0.397. The molecule has 3 nitrogen and oxygen atoms in total. The minimum Gasteiger partial charge on any atom is -0.465 e. The molecule has 1 aliphatic carbocycles. The van der Waals surface area contributed by atoms with Gasteiger partial charge in [-0.25, -0.2) is 8.78 Å². The van der Waals surface area contributed by atoms with Gasteiger partial charge in [-0.05, 0) is 0 Å². The molecule has 1 aliphatic rings. The summed E-state index contributed by atoms with van der Waals surface area (Å²) in [7, 11) is 0. The quantitative estimate of drug-likeness (QED) is 0.646. The van der Waals surface area contributed by atoms with E-state index in [0.717, 1.165) is 6.92 Å². The van der Waals surface area contributed by atoms with E-state index in [4.69, 9.17) is 5.11 Å². The first-order chi connectivity index (χ1) is 5.43. The topological polar surface area (TPSA) is 46.5 Å². The zero-order valence-corrected chi connectivity index (χ0v) is 6.64. The molecular weight excluding hydrogens is 170 g/mol. The van der Waals surface area contributed by atoms with Gasteiger partial charge in [-0.15, -0.1) is 0 Å². The lowest BCUT2D eigenvalue weighted by Crippen LogP contribution is -2.23. The largest absolute Gasteiger partial charge is 0.465 e. The van der Waals surface area contributed by atoms with Gasteiger partial charge in [-0.3, -0.25) is 4.79 Å². The van der Waals surface area contributed by atoms with Gasteiger partial charge >= 0.3 is 5.97 Å². The van der Waals surface area contributed by atoms with Crippen molar-refractivity contribution in [3.8, 4) is 0 Å². The molecule has 0 aromatic rings. The highest BCUT2D eigenvalue weighted by Gasteiger charge is 2.71. The smallest absolute Gasteiger partial charge is 0.302 e. The molecule has 0 saturated heterocycles. The van der Waals surface area contributed by atoms with Gasteiger partial charge in [0.1, 0.15) is 6.61 Å². The Hall–Kier alpha value is -0.710. The third kappa shape index (κ3) is 1.41. The van der Waals surface area contributed by atoms with Crippen LogP contribution in [0.4, 0.5) is 8.78 Å². The highest BCUT2D eigenvalue weighted by molar-refractivity contribution is 5.66. The molecule has 0 radical (unpaired) electrons. The van der Waals surface area contributed by atoms with Crippen molar-refractivity contribution >= 4 is 5.97 Å². The summed E-state index contributed by atoms with van der Waals surface area (Å²) in [5.74, 6) is -3.48. The van der Waals surface area contributed by atoms with Crippen LogP contribution in [0.25, 0.3) is 0 Å². The van der Waals surface area contributed by atoms with Crippen LogP contribution in [0.3, 0.4) is 0 Å². The molecule has 1 saturated carbocycles. The maximum absolute atomic E-state index is 12.6. The van der Waals surface area contributed by atoms with E-state index in [1.54, 1.807) is 0 Å². The van der Waals surface area contributed by atoms with Crippen molar-refractivity contribution in [2.24, 2.45) is 5.41 Å². The third-order valence-electron chi connectivity index (χ3n) is 2.07. The van der Waals surface area contributed by atoms with Crippen molar-refractivity contribution in [1.82, 2.24) is 0 Å². The van der Waals surface area contributed by atoms with Crippen LogP contribution in [0.15, 0.2) is 0 Å². The van der Waals surface area contributed by atoms with Gasteiger partial charge < -0.3 is 9.84 Å². The Morgan fingerprint density at radius 1 is 1.67 bits per heavy atom. The fourth-order valence-corrected chi connectivity index (χ4v) is 0.994. The summed E-state index contributed by atoms with van der Waals surface area (Å²) in [6.07, 6.45) is -0.399. The Morgan fingerprint density at radius 2 is 2.17 bits per heavy atom. The first kappa shape index (κ1) is 9.38. The second-order valence-corrected chi connectivity index (χ2v) is 3.10. The molecule has 0 bridgehead atoms. The first-order valence-corrected chi connectivity index (χ1v) is 3.56. The SMILES string of the molecule is CC(=O)OC[C@@]1(CO)CC1(F)F. The van der Waals surface area contributed by atoms with Gasteiger partial charge in [-0.1, -0.05) is 0 Å². The molecule has 0 amide bonds. The Labute approximate surface area is 68.3 Å². The summed E-state index contributed by atoms with van der Waals surface area (Å²) in [5.41, 5.74) is -1.50. The van der Waals surface area contributed by atoms with Gasteiger partial charge in [-0.2, -0.15) is 0 Å². The van der Waals surface area contributed by atoms with E-state index in [1.807, 2.05) is 0 Å². The highest BCUT2D eigenvalue weighted by atomic mass is 19.3. The normalized spacial score (nSPS) is 31.3. The predicted octanol–water partition coefficient (Wildman–Crippen LogP) is 0.567. The number of aliphatic hydroxyl groups is 1. The maximum atomic E-state index is 12.6. The standard InChI is InChI=1S/C7H10F2O3/c1-5(11)12-4-6(3-10)2-7(6,8)9/h10H,2-4H2,1H3/t6-/m0/s1. The van der Waals surface area contributed by atoms with Gasteiger partial charge in [0.15, 0.2) is 0 Å². The van der Waals surface area contributed by atoms with Gasteiger partial charge in [0.25, 0.3) is 5.92 Å². The fourth-order valence-electron chi connectivity index (χ4n) is 0.994. The van der Waals surface area contributed by atoms with Crippen molar-refractivity contribution in [1.29, 1.82) is 0 Å². The summed E-state index contributed by atoms with van der Waals surface area (Å²) in [6, 6.07) is 0. The Balaban J connectivity index is 2.45. The number of esters is 1. The average molecular weight is 180 g/mol. The van der Waals surface area contributed by atoms with Crippen molar-refractivity contribution in [2.75, 3.05) is 13.2 Å². The van der Waals surface area contributed by atoms with E-state index in [1.165, 1.54) is 0 Å². The molecule has 0 spiro atoms. The zero-order chi connectivity index (χ0) is 9.41. The highest BCUT2D eigenvalue weighted by Crippen LogP contribution is 2.60. The van der Waals surface area contributed by atoms with Crippen molar-refractivity contribution in [3.63, 3.8) is 0 Å². The van der Waals surface area contributed by atoms with E-state index in [-0.39, 0.29) is 0 Å². The molecule has 1 fully saturated rings. The molecule has 12 heavy (non-hydrogen) atoms. The molecule has 0 aromatic carbocycles. The van der Waals surface area contributed by atoms with Crippen molar-refractivity contribution in [3.05, 3.63) is 0 Å². The Bertz CT molecular complexity index is 205. The lowest BCUT2D eigenvalue weighted by Gasteiger charge is -2.11. The van der Waals surface area contributed by atoms with Crippen LogP contribution in [0.5, 0.6) is 0 Å². The number of halogens is 2. The molecule has 0 unspecified atom stereocenters. The number of hydrogen-bond donors (Lipinski definition) is 1. The fraction of sp³-hybridized carbons (Fsp3) is 0.857. The van der Waals surface area contributed by atoms with Gasteiger partial charge in [0.2, 0.25) is 0 Å². The van der Waals surface area contributed by atoms with Gasteiger partial charge in [0, 0.05) is 13.3 Å². The van der Waals surface area contributed by atoms with Crippen LogP contribution < -0.4 is 0 Å². The number of aliphatic hydroxyl groups excluding tert-OH is 1. The molecule has 1 atom stereocenters. The number of rotatable bonds is 3. The monoisotopic (exact) mass is 180 g/mol. The van der Waals surface area contributed by atoms with E-state index in [2.05, 4.69) is 4.74 Å². The Morgan fingerprint density at radius 3 is 2.42 bits per heavy atom. The summed E-state index contributed by atoms with van der Waals surface area (Å²) in [6.45, 7) is 0.102. The van der Waals surface area contributed by atoms with Crippen molar-refractivity contribution < 1.29 is 23.4 Å². The van der Waals surface area contributed by atoms with Crippen LogP contribution in [0.2, 0.25) is 0 Å². The van der Waals surface area contributed by atoms with E-state index in [0.29, 0.717) is 0 Å². The number of hydrogen-bond acceptors (Lipinski definition) is 3. The molecule has 5 heteroatoms. The zero-order valence-electron chi connectivity index (χ0n) is 6.64. The lowest BCUT2D eigenvalue weighted by molar-refractivity contribution is -0.144. The van der Waals surface area contributed by atoms with E-state index in [9.17, 15) is 13.6 Å². The molecule has 0 aliphatic heterocycles. The van der Waals surface area contributed by atoms with Crippen LogP contribution in [-0.2, 0) is 9.53 Å². The molecule has 1 N–H and O–H groups in total. The molecule has 1 rings (SSSR count). The van der Waals surface area contributed by atoms with Crippen molar-refractivity contribution in [2.45, 2.75) is 19.3 Å². The third-order valence-corrected chi connectivity index (χ3v) is 2.07. The van der Waals surface area contributed by atoms with E-state index >= 15 is 0 Å².